The fourth-order valence-corrected chi connectivity index (χ4v) is 4.70. The molecule has 0 bridgehead atoms. The van der Waals surface area contributed by atoms with Gasteiger partial charge in [0.1, 0.15) is 0 Å². The highest BCUT2D eigenvalue weighted by Gasteiger charge is 2.41. The fraction of sp³-hybridized carbons (Fsp3) is 0.375. The Morgan fingerprint density at radius 1 is 1.14 bits per heavy atom. The molecule has 0 saturated carbocycles. The van der Waals surface area contributed by atoms with E-state index in [0.29, 0.717) is 16.5 Å². The second-order valence-corrected chi connectivity index (χ2v) is 9.13. The lowest BCUT2D eigenvalue weighted by Crippen LogP contribution is -2.31. The second kappa shape index (κ2) is 6.97. The summed E-state index contributed by atoms with van der Waals surface area (Å²) in [4.78, 5) is 12.4. The molecule has 1 N–H and O–H groups in total. The summed E-state index contributed by atoms with van der Waals surface area (Å²) in [7, 11) is 1.42. The zero-order valence-electron chi connectivity index (χ0n) is 16.8. The first-order chi connectivity index (χ1) is 13.3. The fourth-order valence-electron chi connectivity index (χ4n) is 4.48. The number of carbonyl (C=O) groups excluding carboxylic acids is 1. The van der Waals surface area contributed by atoms with Gasteiger partial charge in [-0.15, -0.1) is 0 Å². The molecule has 3 atom stereocenters. The molecule has 2 aromatic carbocycles. The lowest BCUT2D eigenvalue weighted by atomic mass is 9.75. The number of methoxy groups -OCH3 is 1. The largest absolute Gasteiger partial charge is 0.465 e. The Morgan fingerprint density at radius 3 is 2.50 bits per heavy atom. The molecular formula is C24H26ClNO2. The number of allylic oxidation sites excluding steroid dienone is 2. The third kappa shape index (κ3) is 3.12. The van der Waals surface area contributed by atoms with Crippen molar-refractivity contribution in [1.82, 2.24) is 0 Å². The van der Waals surface area contributed by atoms with Gasteiger partial charge in [0.15, 0.2) is 0 Å². The van der Waals surface area contributed by atoms with Crippen molar-refractivity contribution in [2.75, 3.05) is 12.4 Å². The smallest absolute Gasteiger partial charge is 0.338 e. The van der Waals surface area contributed by atoms with Crippen LogP contribution < -0.4 is 5.32 Å². The number of nitrogens with one attached hydrogen (secondary N) is 1. The van der Waals surface area contributed by atoms with Crippen molar-refractivity contribution in [3.8, 4) is 0 Å². The van der Waals surface area contributed by atoms with Gasteiger partial charge in [-0.25, -0.2) is 4.79 Å². The van der Waals surface area contributed by atoms with Crippen molar-refractivity contribution in [2.24, 2.45) is 5.92 Å². The van der Waals surface area contributed by atoms with E-state index in [9.17, 15) is 4.79 Å². The first-order valence-corrected chi connectivity index (χ1v) is 10.1. The zero-order valence-corrected chi connectivity index (χ0v) is 17.5. The lowest BCUT2D eigenvalue weighted by Gasteiger charge is -2.39. The summed E-state index contributed by atoms with van der Waals surface area (Å²) in [6, 6.07) is 12.6. The van der Waals surface area contributed by atoms with Crippen molar-refractivity contribution in [1.29, 1.82) is 0 Å². The lowest BCUT2D eigenvalue weighted by molar-refractivity contribution is 0.0598. The SMILES string of the molecule is COC(=O)c1ccc(Cl)c2c1[C@@H]1C=CC[C@@H]1[C@H](c1ccc(C(C)(C)C)cc1)N2. The third-order valence-corrected chi connectivity index (χ3v) is 6.33. The van der Waals surface area contributed by atoms with Crippen LogP contribution in [0.1, 0.15) is 66.2 Å². The van der Waals surface area contributed by atoms with Gasteiger partial charge < -0.3 is 10.1 Å². The van der Waals surface area contributed by atoms with Gasteiger partial charge in [-0.2, -0.15) is 0 Å². The number of ether oxygens (including phenoxy) is 1. The molecule has 2 aliphatic rings. The maximum atomic E-state index is 12.4. The Bertz CT molecular complexity index is 940. The molecule has 2 aromatic rings. The maximum absolute atomic E-state index is 12.4. The second-order valence-electron chi connectivity index (χ2n) is 8.72. The van der Waals surface area contributed by atoms with Gasteiger partial charge in [0.05, 0.1) is 29.4 Å². The molecular weight excluding hydrogens is 370 g/mol. The quantitative estimate of drug-likeness (QED) is 0.482. The monoisotopic (exact) mass is 395 g/mol. The van der Waals surface area contributed by atoms with Gasteiger partial charge in [0.2, 0.25) is 0 Å². The molecule has 4 heteroatoms. The molecule has 0 spiro atoms. The van der Waals surface area contributed by atoms with E-state index in [1.807, 2.05) is 0 Å². The number of rotatable bonds is 2. The topological polar surface area (TPSA) is 38.3 Å². The van der Waals surface area contributed by atoms with E-state index in [2.05, 4.69) is 62.5 Å². The normalized spacial score (nSPS) is 23.0. The highest BCUT2D eigenvalue weighted by molar-refractivity contribution is 6.33. The molecule has 0 unspecified atom stereocenters. The van der Waals surface area contributed by atoms with Crippen LogP contribution in [-0.2, 0) is 10.2 Å². The highest BCUT2D eigenvalue weighted by atomic mass is 35.5. The number of hydrogen-bond donors (Lipinski definition) is 1. The number of benzene rings is 2. The average molecular weight is 396 g/mol. The number of carbonyl (C=O) groups is 1. The standard InChI is InChI=1S/C24H26ClNO2/c1-24(2,3)15-10-8-14(9-11-15)21-17-7-5-6-16(17)20-18(23(27)28-4)12-13-19(25)22(20)26-21/h5-6,8-13,16-17,21,26H,7H2,1-4H3/t16-,17+,21+/m1/s1. The van der Waals surface area contributed by atoms with E-state index in [1.54, 1.807) is 12.1 Å². The van der Waals surface area contributed by atoms with E-state index in [0.717, 1.165) is 17.7 Å². The summed E-state index contributed by atoms with van der Waals surface area (Å²) < 4.78 is 5.01. The number of anilines is 1. The van der Waals surface area contributed by atoms with Crippen LogP contribution in [0, 0.1) is 5.92 Å². The first kappa shape index (κ1) is 19.1. The van der Waals surface area contributed by atoms with Gasteiger partial charge in [-0.1, -0.05) is 68.8 Å². The van der Waals surface area contributed by atoms with Crippen LogP contribution in [0.3, 0.4) is 0 Å². The van der Waals surface area contributed by atoms with Crippen LogP contribution in [0.4, 0.5) is 5.69 Å². The average Bonchev–Trinajstić information content (AvgIpc) is 3.16. The Kier molecular flexibility index (Phi) is 4.75. The number of esters is 1. The Balaban J connectivity index is 1.78. The van der Waals surface area contributed by atoms with Crippen molar-refractivity contribution in [3.05, 3.63) is 75.8 Å². The minimum absolute atomic E-state index is 0.126. The summed E-state index contributed by atoms with van der Waals surface area (Å²) in [5, 5.41) is 4.29. The van der Waals surface area contributed by atoms with Crippen molar-refractivity contribution >= 4 is 23.3 Å². The molecule has 1 aliphatic carbocycles. The molecule has 146 valence electrons. The molecule has 28 heavy (non-hydrogen) atoms. The molecule has 0 fully saturated rings. The zero-order chi connectivity index (χ0) is 20.1. The van der Waals surface area contributed by atoms with E-state index >= 15 is 0 Å². The summed E-state index contributed by atoms with van der Waals surface area (Å²) >= 11 is 6.55. The molecule has 0 amide bonds. The molecule has 1 heterocycles. The summed E-state index contributed by atoms with van der Waals surface area (Å²) in [5.74, 6) is 0.174. The van der Waals surface area contributed by atoms with Gasteiger partial charge in [0.25, 0.3) is 0 Å². The van der Waals surface area contributed by atoms with Crippen LogP contribution in [0.5, 0.6) is 0 Å². The molecule has 3 nitrogen and oxygen atoms in total. The molecule has 0 radical (unpaired) electrons. The minimum atomic E-state index is -0.318. The van der Waals surface area contributed by atoms with Crippen molar-refractivity contribution in [3.63, 3.8) is 0 Å². The minimum Gasteiger partial charge on any atom is -0.465 e. The van der Waals surface area contributed by atoms with E-state index in [1.165, 1.54) is 18.2 Å². The Morgan fingerprint density at radius 2 is 1.86 bits per heavy atom. The maximum Gasteiger partial charge on any atom is 0.338 e. The highest BCUT2D eigenvalue weighted by Crippen LogP contribution is 2.52. The van der Waals surface area contributed by atoms with E-state index in [4.69, 9.17) is 16.3 Å². The van der Waals surface area contributed by atoms with Gasteiger partial charge in [-0.05, 0) is 46.6 Å². The van der Waals surface area contributed by atoms with Crippen LogP contribution in [0.25, 0.3) is 0 Å². The summed E-state index contributed by atoms with van der Waals surface area (Å²) in [5.41, 5.74) is 5.10. The van der Waals surface area contributed by atoms with Crippen molar-refractivity contribution < 1.29 is 9.53 Å². The van der Waals surface area contributed by atoms with Gasteiger partial charge in [-0.3, -0.25) is 0 Å². The van der Waals surface area contributed by atoms with Crippen LogP contribution >= 0.6 is 11.6 Å². The van der Waals surface area contributed by atoms with Crippen LogP contribution in [-0.4, -0.2) is 13.1 Å². The summed E-state index contributed by atoms with van der Waals surface area (Å²) in [6.45, 7) is 6.67. The van der Waals surface area contributed by atoms with Crippen LogP contribution in [0.2, 0.25) is 5.02 Å². The summed E-state index contributed by atoms with van der Waals surface area (Å²) in [6.07, 6.45) is 5.39. The van der Waals surface area contributed by atoms with Gasteiger partial charge in [0, 0.05) is 5.92 Å². The molecule has 0 saturated heterocycles. The number of fused-ring (bicyclic) bond motifs is 3. The number of hydrogen-bond acceptors (Lipinski definition) is 3. The third-order valence-electron chi connectivity index (χ3n) is 6.01. The van der Waals surface area contributed by atoms with E-state index < -0.39 is 0 Å². The molecule has 4 rings (SSSR count). The number of halogens is 1. The van der Waals surface area contributed by atoms with Crippen LogP contribution in [0.15, 0.2) is 48.6 Å². The predicted octanol–water partition coefficient (Wildman–Crippen LogP) is 6.25. The molecule has 1 aliphatic heterocycles. The Labute approximate surface area is 171 Å². The van der Waals surface area contributed by atoms with Gasteiger partial charge >= 0.3 is 5.97 Å². The Hall–Kier alpha value is -2.26. The molecule has 0 aromatic heterocycles. The van der Waals surface area contributed by atoms with Crippen molar-refractivity contribution in [2.45, 2.75) is 44.6 Å². The predicted molar refractivity (Wildman–Crippen MR) is 114 cm³/mol. The van der Waals surface area contributed by atoms with E-state index in [-0.39, 0.29) is 23.3 Å². The first-order valence-electron chi connectivity index (χ1n) is 9.75.